The monoisotopic (exact) mass is 486 g/mol. The van der Waals surface area contributed by atoms with E-state index >= 15 is 0 Å². The van der Waals surface area contributed by atoms with E-state index in [4.69, 9.17) is 33.2 Å². The first kappa shape index (κ1) is 24.8. The highest BCUT2D eigenvalue weighted by atomic mass is 16.7. The van der Waals surface area contributed by atoms with Crippen LogP contribution in [0.4, 0.5) is 0 Å². The van der Waals surface area contributed by atoms with Crippen LogP contribution >= 0.6 is 0 Å². The van der Waals surface area contributed by atoms with Crippen molar-refractivity contribution in [2.45, 2.75) is 45.6 Å². The molecule has 0 radical (unpaired) electrons. The lowest BCUT2D eigenvalue weighted by molar-refractivity contribution is -0.168. The molecule has 0 fully saturated rings. The Bertz CT molecular complexity index is 1120. The predicted octanol–water partition coefficient (Wildman–Crippen LogP) is 4.73. The van der Waals surface area contributed by atoms with Gasteiger partial charge >= 0.3 is 5.97 Å². The SMILES string of the molecule is COc1cc([C@@H]2c3c(cc(OC)c(OC)c3OC)C[C@@](C)(OC(=O)C(C)C)[C@H]2C)cc2c1OCO2. The third-order valence-electron chi connectivity index (χ3n) is 7.11. The van der Waals surface area contributed by atoms with Crippen molar-refractivity contribution in [1.29, 1.82) is 0 Å². The molecule has 0 bridgehead atoms. The molecule has 0 unspecified atom stereocenters. The largest absolute Gasteiger partial charge is 0.493 e. The molecular weight excluding hydrogens is 452 g/mol. The zero-order chi connectivity index (χ0) is 25.5. The molecule has 0 N–H and O–H groups in total. The molecule has 1 heterocycles. The van der Waals surface area contributed by atoms with Crippen molar-refractivity contribution in [3.8, 4) is 34.5 Å². The summed E-state index contributed by atoms with van der Waals surface area (Å²) >= 11 is 0. The number of carbonyl (C=O) groups is 1. The van der Waals surface area contributed by atoms with E-state index in [-0.39, 0.29) is 30.5 Å². The van der Waals surface area contributed by atoms with Crippen LogP contribution in [0.2, 0.25) is 0 Å². The normalized spacial score (nSPS) is 22.4. The summed E-state index contributed by atoms with van der Waals surface area (Å²) in [6.45, 7) is 7.88. The maximum absolute atomic E-state index is 12.8. The number of methoxy groups -OCH3 is 4. The molecule has 190 valence electrons. The summed E-state index contributed by atoms with van der Waals surface area (Å²) in [7, 11) is 6.40. The van der Waals surface area contributed by atoms with Gasteiger partial charge in [-0.15, -0.1) is 0 Å². The fraction of sp³-hybridized carbons (Fsp3) is 0.519. The molecule has 0 amide bonds. The number of hydrogen-bond acceptors (Lipinski definition) is 8. The van der Waals surface area contributed by atoms with Crippen molar-refractivity contribution < 1.29 is 38.0 Å². The van der Waals surface area contributed by atoms with Crippen molar-refractivity contribution in [2.75, 3.05) is 35.2 Å². The topological polar surface area (TPSA) is 81.7 Å². The molecule has 0 saturated heterocycles. The van der Waals surface area contributed by atoms with Crippen LogP contribution in [-0.2, 0) is 16.0 Å². The van der Waals surface area contributed by atoms with Crippen LogP contribution in [0.25, 0.3) is 0 Å². The zero-order valence-electron chi connectivity index (χ0n) is 21.6. The van der Waals surface area contributed by atoms with Gasteiger partial charge in [0.05, 0.1) is 34.4 Å². The molecule has 0 saturated carbocycles. The number of rotatable bonds is 7. The molecule has 1 aliphatic carbocycles. The summed E-state index contributed by atoms with van der Waals surface area (Å²) in [6.07, 6.45) is 0.497. The Morgan fingerprint density at radius 2 is 1.66 bits per heavy atom. The van der Waals surface area contributed by atoms with E-state index in [1.807, 2.05) is 39.0 Å². The van der Waals surface area contributed by atoms with Gasteiger partial charge in [0.15, 0.2) is 23.0 Å². The second-order valence-corrected chi connectivity index (χ2v) is 9.51. The van der Waals surface area contributed by atoms with Gasteiger partial charge in [0, 0.05) is 23.8 Å². The molecule has 8 heteroatoms. The van der Waals surface area contributed by atoms with Gasteiger partial charge in [-0.05, 0) is 36.2 Å². The zero-order valence-corrected chi connectivity index (χ0v) is 21.6. The molecule has 1 aliphatic heterocycles. The van der Waals surface area contributed by atoms with Crippen molar-refractivity contribution >= 4 is 5.97 Å². The van der Waals surface area contributed by atoms with Crippen LogP contribution in [0, 0.1) is 11.8 Å². The van der Waals surface area contributed by atoms with Crippen LogP contribution in [0.1, 0.15) is 50.3 Å². The molecular formula is C27H34O8. The third kappa shape index (κ3) is 4.09. The predicted molar refractivity (Wildman–Crippen MR) is 129 cm³/mol. The lowest BCUT2D eigenvalue weighted by Gasteiger charge is -2.46. The second-order valence-electron chi connectivity index (χ2n) is 9.51. The quantitative estimate of drug-likeness (QED) is 0.520. The Balaban J connectivity index is 1.98. The maximum Gasteiger partial charge on any atom is 0.308 e. The van der Waals surface area contributed by atoms with Crippen LogP contribution < -0.4 is 28.4 Å². The number of esters is 1. The number of ether oxygens (including phenoxy) is 7. The summed E-state index contributed by atoms with van der Waals surface area (Å²) < 4.78 is 40.4. The van der Waals surface area contributed by atoms with Gasteiger partial charge in [0.1, 0.15) is 5.60 Å². The van der Waals surface area contributed by atoms with E-state index in [2.05, 4.69) is 6.92 Å². The molecule has 4 rings (SSSR count). The van der Waals surface area contributed by atoms with Crippen molar-refractivity contribution in [2.24, 2.45) is 11.8 Å². The van der Waals surface area contributed by atoms with Gasteiger partial charge in [-0.3, -0.25) is 4.79 Å². The standard InChI is InChI=1S/C27H34O8/c1-14(2)26(28)35-27(4)12-17-11-19(30-6)24(31-7)25(32-8)22(17)21(15(27)3)16-9-18(29-5)23-20(10-16)33-13-34-23/h9-11,14-15,21H,12-13H2,1-8H3/t15-,21+,27+/m0/s1. The Labute approximate surface area is 206 Å². The lowest BCUT2D eigenvalue weighted by Crippen LogP contribution is -2.47. The fourth-order valence-corrected chi connectivity index (χ4v) is 5.12. The number of fused-ring (bicyclic) bond motifs is 2. The maximum atomic E-state index is 12.8. The first-order valence-electron chi connectivity index (χ1n) is 11.7. The number of benzene rings is 2. The van der Waals surface area contributed by atoms with Crippen molar-refractivity contribution in [1.82, 2.24) is 0 Å². The lowest BCUT2D eigenvalue weighted by atomic mass is 9.65. The molecule has 3 atom stereocenters. The van der Waals surface area contributed by atoms with E-state index in [1.165, 1.54) is 0 Å². The smallest absolute Gasteiger partial charge is 0.308 e. The van der Waals surface area contributed by atoms with Gasteiger partial charge in [0.25, 0.3) is 0 Å². The highest BCUT2D eigenvalue weighted by Gasteiger charge is 2.48. The van der Waals surface area contributed by atoms with Crippen molar-refractivity contribution in [3.63, 3.8) is 0 Å². The van der Waals surface area contributed by atoms with E-state index in [9.17, 15) is 4.79 Å². The number of hydrogen-bond donors (Lipinski definition) is 0. The molecule has 35 heavy (non-hydrogen) atoms. The van der Waals surface area contributed by atoms with Gasteiger partial charge in [0.2, 0.25) is 18.3 Å². The van der Waals surface area contributed by atoms with Gasteiger partial charge in [-0.2, -0.15) is 0 Å². The van der Waals surface area contributed by atoms with Crippen LogP contribution in [0.15, 0.2) is 18.2 Å². The van der Waals surface area contributed by atoms with E-state index in [0.29, 0.717) is 40.9 Å². The molecule has 2 aromatic carbocycles. The Kier molecular flexibility index (Phi) is 6.66. The van der Waals surface area contributed by atoms with Gasteiger partial charge in [-0.1, -0.05) is 20.8 Å². The first-order chi connectivity index (χ1) is 16.7. The summed E-state index contributed by atoms with van der Waals surface area (Å²) in [5.74, 6) is 2.58. The van der Waals surface area contributed by atoms with Gasteiger partial charge < -0.3 is 33.2 Å². The Morgan fingerprint density at radius 3 is 2.26 bits per heavy atom. The van der Waals surface area contributed by atoms with Gasteiger partial charge in [-0.25, -0.2) is 0 Å². The summed E-state index contributed by atoms with van der Waals surface area (Å²) in [4.78, 5) is 12.8. The highest BCUT2D eigenvalue weighted by molar-refractivity contribution is 5.72. The molecule has 0 aromatic heterocycles. The number of carbonyl (C=O) groups excluding carboxylic acids is 1. The van der Waals surface area contributed by atoms with E-state index < -0.39 is 5.60 Å². The second kappa shape index (κ2) is 9.40. The Morgan fingerprint density at radius 1 is 0.971 bits per heavy atom. The average Bonchev–Trinajstić information content (AvgIpc) is 3.31. The van der Waals surface area contributed by atoms with E-state index in [1.54, 1.807) is 28.4 Å². The molecule has 8 nitrogen and oxygen atoms in total. The first-order valence-corrected chi connectivity index (χ1v) is 11.7. The van der Waals surface area contributed by atoms with E-state index in [0.717, 1.165) is 16.7 Å². The average molecular weight is 487 g/mol. The summed E-state index contributed by atoms with van der Waals surface area (Å²) in [5, 5.41) is 0. The molecule has 2 aliphatic rings. The summed E-state index contributed by atoms with van der Waals surface area (Å²) in [5.41, 5.74) is 2.06. The fourth-order valence-electron chi connectivity index (χ4n) is 5.12. The molecule has 2 aromatic rings. The van der Waals surface area contributed by atoms with Crippen LogP contribution in [-0.4, -0.2) is 46.8 Å². The third-order valence-corrected chi connectivity index (χ3v) is 7.11. The van der Waals surface area contributed by atoms with Crippen LogP contribution in [0.5, 0.6) is 34.5 Å². The molecule has 0 spiro atoms. The minimum absolute atomic E-state index is 0.129. The Hall–Kier alpha value is -3.29. The minimum Gasteiger partial charge on any atom is -0.493 e. The van der Waals surface area contributed by atoms with Crippen LogP contribution in [0.3, 0.4) is 0 Å². The van der Waals surface area contributed by atoms with Crippen molar-refractivity contribution in [3.05, 3.63) is 34.9 Å². The highest BCUT2D eigenvalue weighted by Crippen LogP contribution is 2.56. The minimum atomic E-state index is -0.784. The summed E-state index contributed by atoms with van der Waals surface area (Å²) in [6, 6.07) is 5.85.